The van der Waals surface area contributed by atoms with E-state index in [4.69, 9.17) is 4.52 Å². The minimum atomic E-state index is -0.336. The van der Waals surface area contributed by atoms with Crippen LogP contribution in [0, 0.1) is 6.92 Å². The SMILES string of the molecule is Cc1noc(C(C)NC(=O)c2cc3ccccc3n2C)n1. The molecule has 6 nitrogen and oxygen atoms in total. The molecular weight excluding hydrogens is 268 g/mol. The fourth-order valence-corrected chi connectivity index (χ4v) is 2.33. The molecule has 6 heteroatoms. The fraction of sp³-hybridized carbons (Fsp3) is 0.267. The van der Waals surface area contributed by atoms with E-state index in [1.165, 1.54) is 0 Å². The van der Waals surface area contributed by atoms with Crippen molar-refractivity contribution >= 4 is 16.8 Å². The maximum absolute atomic E-state index is 12.4. The molecule has 0 bridgehead atoms. The zero-order valence-corrected chi connectivity index (χ0v) is 12.1. The second-order valence-electron chi connectivity index (χ2n) is 5.02. The molecule has 21 heavy (non-hydrogen) atoms. The van der Waals surface area contributed by atoms with E-state index in [0.29, 0.717) is 17.4 Å². The Morgan fingerprint density at radius 1 is 1.38 bits per heavy atom. The highest BCUT2D eigenvalue weighted by Gasteiger charge is 2.19. The Hall–Kier alpha value is -2.63. The van der Waals surface area contributed by atoms with Gasteiger partial charge in [-0.3, -0.25) is 4.79 Å². The Morgan fingerprint density at radius 3 is 2.81 bits per heavy atom. The average Bonchev–Trinajstić information content (AvgIpc) is 3.04. The molecule has 1 N–H and O–H groups in total. The van der Waals surface area contributed by atoms with E-state index in [1.54, 1.807) is 6.92 Å². The number of amides is 1. The van der Waals surface area contributed by atoms with Crippen LogP contribution in [0.3, 0.4) is 0 Å². The van der Waals surface area contributed by atoms with Crippen LogP contribution in [-0.2, 0) is 7.05 Å². The Balaban J connectivity index is 1.85. The monoisotopic (exact) mass is 284 g/mol. The quantitative estimate of drug-likeness (QED) is 0.801. The highest BCUT2D eigenvalue weighted by Crippen LogP contribution is 2.19. The van der Waals surface area contributed by atoms with Crippen molar-refractivity contribution in [1.29, 1.82) is 0 Å². The molecular formula is C15H16N4O2. The van der Waals surface area contributed by atoms with E-state index < -0.39 is 0 Å². The molecule has 2 heterocycles. The topological polar surface area (TPSA) is 73.0 Å². The zero-order valence-electron chi connectivity index (χ0n) is 12.1. The largest absolute Gasteiger partial charge is 0.340 e. The molecule has 1 atom stereocenters. The number of aromatic nitrogens is 3. The van der Waals surface area contributed by atoms with E-state index in [0.717, 1.165) is 10.9 Å². The zero-order chi connectivity index (χ0) is 15.0. The van der Waals surface area contributed by atoms with Crippen LogP contribution in [-0.4, -0.2) is 20.6 Å². The molecule has 0 fully saturated rings. The summed E-state index contributed by atoms with van der Waals surface area (Å²) in [4.78, 5) is 16.5. The van der Waals surface area contributed by atoms with Crippen molar-refractivity contribution in [1.82, 2.24) is 20.0 Å². The van der Waals surface area contributed by atoms with Gasteiger partial charge in [0.2, 0.25) is 5.89 Å². The number of aryl methyl sites for hydroxylation is 2. The molecule has 0 radical (unpaired) electrons. The summed E-state index contributed by atoms with van der Waals surface area (Å²) < 4.78 is 6.94. The summed E-state index contributed by atoms with van der Waals surface area (Å²) in [5.74, 6) is 0.785. The predicted octanol–water partition coefficient (Wildman–Crippen LogP) is 2.36. The highest BCUT2D eigenvalue weighted by molar-refractivity contribution is 5.98. The third-order valence-corrected chi connectivity index (χ3v) is 3.45. The molecule has 0 aliphatic carbocycles. The van der Waals surface area contributed by atoms with Gasteiger partial charge in [-0.05, 0) is 26.0 Å². The van der Waals surface area contributed by atoms with Crippen LogP contribution in [0.5, 0.6) is 0 Å². The molecule has 3 aromatic rings. The summed E-state index contributed by atoms with van der Waals surface area (Å²) in [6.45, 7) is 3.55. The molecule has 1 amide bonds. The first kappa shape index (κ1) is 13.4. The first-order chi connectivity index (χ1) is 10.1. The van der Waals surface area contributed by atoms with Gasteiger partial charge in [-0.2, -0.15) is 4.98 Å². The number of hydrogen-bond acceptors (Lipinski definition) is 4. The number of nitrogens with one attached hydrogen (secondary N) is 1. The van der Waals surface area contributed by atoms with Crippen LogP contribution < -0.4 is 5.32 Å². The summed E-state index contributed by atoms with van der Waals surface area (Å²) in [5.41, 5.74) is 1.61. The molecule has 108 valence electrons. The number of para-hydroxylation sites is 1. The lowest BCUT2D eigenvalue weighted by atomic mass is 10.2. The van der Waals surface area contributed by atoms with Crippen LogP contribution in [0.15, 0.2) is 34.9 Å². The first-order valence-electron chi connectivity index (χ1n) is 6.72. The molecule has 1 aromatic carbocycles. The molecule has 0 spiro atoms. The van der Waals surface area contributed by atoms with Gasteiger partial charge in [0.1, 0.15) is 11.7 Å². The fourth-order valence-electron chi connectivity index (χ4n) is 2.33. The first-order valence-corrected chi connectivity index (χ1v) is 6.72. The number of carbonyl (C=O) groups excluding carboxylic acids is 1. The molecule has 1 unspecified atom stereocenters. The summed E-state index contributed by atoms with van der Waals surface area (Å²) in [7, 11) is 1.87. The Kier molecular flexibility index (Phi) is 3.21. The van der Waals surface area contributed by atoms with E-state index in [1.807, 2.05) is 48.9 Å². The molecule has 3 rings (SSSR count). The smallest absolute Gasteiger partial charge is 0.268 e. The van der Waals surface area contributed by atoms with Gasteiger partial charge in [0.05, 0.1) is 0 Å². The summed E-state index contributed by atoms with van der Waals surface area (Å²) in [6, 6.07) is 9.41. The van der Waals surface area contributed by atoms with Crippen molar-refractivity contribution in [2.24, 2.45) is 7.05 Å². The van der Waals surface area contributed by atoms with Gasteiger partial charge in [-0.15, -0.1) is 0 Å². The minimum absolute atomic E-state index is 0.169. The van der Waals surface area contributed by atoms with E-state index in [9.17, 15) is 4.79 Å². The van der Waals surface area contributed by atoms with Gasteiger partial charge < -0.3 is 14.4 Å². The number of nitrogens with zero attached hydrogens (tertiary/aromatic N) is 3. The number of fused-ring (bicyclic) bond motifs is 1. The van der Waals surface area contributed by atoms with Crippen LogP contribution >= 0.6 is 0 Å². The van der Waals surface area contributed by atoms with E-state index in [2.05, 4.69) is 15.5 Å². The van der Waals surface area contributed by atoms with Crippen molar-refractivity contribution in [3.63, 3.8) is 0 Å². The standard InChI is InChI=1S/C15H16N4O2/c1-9(15-17-10(2)18-21-15)16-14(20)13-8-11-6-4-5-7-12(11)19(13)3/h4-9H,1-3H3,(H,16,20). The lowest BCUT2D eigenvalue weighted by Gasteiger charge is -2.10. The van der Waals surface area contributed by atoms with Gasteiger partial charge in [-0.1, -0.05) is 23.4 Å². The van der Waals surface area contributed by atoms with Crippen LogP contribution in [0.4, 0.5) is 0 Å². The van der Waals surface area contributed by atoms with Crippen molar-refractivity contribution in [3.8, 4) is 0 Å². The molecule has 0 saturated carbocycles. The van der Waals surface area contributed by atoms with Crippen LogP contribution in [0.25, 0.3) is 10.9 Å². The molecule has 0 aliphatic rings. The Morgan fingerprint density at radius 2 is 2.14 bits per heavy atom. The van der Waals surface area contributed by atoms with Crippen molar-refractivity contribution < 1.29 is 9.32 Å². The summed E-state index contributed by atoms with van der Waals surface area (Å²) >= 11 is 0. The average molecular weight is 284 g/mol. The minimum Gasteiger partial charge on any atom is -0.340 e. The number of benzene rings is 1. The lowest BCUT2D eigenvalue weighted by Crippen LogP contribution is -2.28. The number of hydrogen-bond donors (Lipinski definition) is 1. The molecule has 0 aliphatic heterocycles. The van der Waals surface area contributed by atoms with Gasteiger partial charge in [0.25, 0.3) is 5.91 Å². The van der Waals surface area contributed by atoms with E-state index >= 15 is 0 Å². The van der Waals surface area contributed by atoms with Crippen molar-refractivity contribution in [2.75, 3.05) is 0 Å². The molecule has 0 saturated heterocycles. The van der Waals surface area contributed by atoms with Crippen LogP contribution in [0.1, 0.15) is 35.2 Å². The Labute approximate surface area is 121 Å². The maximum atomic E-state index is 12.4. The van der Waals surface area contributed by atoms with Gasteiger partial charge in [0.15, 0.2) is 5.82 Å². The normalized spacial score (nSPS) is 12.5. The molecule has 2 aromatic heterocycles. The van der Waals surface area contributed by atoms with Crippen molar-refractivity contribution in [2.45, 2.75) is 19.9 Å². The lowest BCUT2D eigenvalue weighted by molar-refractivity contribution is 0.0924. The second kappa shape index (κ2) is 5.05. The van der Waals surface area contributed by atoms with Crippen LogP contribution in [0.2, 0.25) is 0 Å². The summed E-state index contributed by atoms with van der Waals surface area (Å²) in [5, 5.41) is 7.63. The maximum Gasteiger partial charge on any atom is 0.268 e. The second-order valence-corrected chi connectivity index (χ2v) is 5.02. The number of carbonyl (C=O) groups is 1. The predicted molar refractivity (Wildman–Crippen MR) is 77.8 cm³/mol. The third kappa shape index (κ3) is 2.40. The highest BCUT2D eigenvalue weighted by atomic mass is 16.5. The van der Waals surface area contributed by atoms with Gasteiger partial charge in [0, 0.05) is 18.0 Å². The van der Waals surface area contributed by atoms with E-state index in [-0.39, 0.29) is 11.9 Å². The number of rotatable bonds is 3. The van der Waals surface area contributed by atoms with Gasteiger partial charge >= 0.3 is 0 Å². The summed E-state index contributed by atoms with van der Waals surface area (Å²) in [6.07, 6.45) is 0. The van der Waals surface area contributed by atoms with Crippen molar-refractivity contribution in [3.05, 3.63) is 47.7 Å². The third-order valence-electron chi connectivity index (χ3n) is 3.45. The Bertz CT molecular complexity index is 803. The van der Waals surface area contributed by atoms with Gasteiger partial charge in [-0.25, -0.2) is 0 Å².